The van der Waals surface area contributed by atoms with Crippen LogP contribution in [-0.2, 0) is 36.5 Å². The van der Waals surface area contributed by atoms with E-state index in [1.807, 2.05) is 51.1 Å². The van der Waals surface area contributed by atoms with Gasteiger partial charge in [0, 0.05) is 5.56 Å². The van der Waals surface area contributed by atoms with E-state index >= 15 is 0 Å². The number of fused-ring (bicyclic) bond motifs is 1. The van der Waals surface area contributed by atoms with Crippen molar-refractivity contribution in [3.63, 3.8) is 0 Å². The Bertz CT molecular complexity index is 1020. The zero-order valence-electron chi connectivity index (χ0n) is 16.3. The number of nitrogens with zero attached hydrogens (tertiary/aromatic N) is 2. The van der Waals surface area contributed by atoms with Crippen molar-refractivity contribution >= 4 is 27.5 Å². The Morgan fingerprint density at radius 3 is 2.36 bits per heavy atom. The first-order valence-electron chi connectivity index (χ1n) is 8.96. The van der Waals surface area contributed by atoms with Crippen molar-refractivity contribution < 1.29 is 18.0 Å². The molecule has 3 rings (SSSR count). The van der Waals surface area contributed by atoms with Crippen LogP contribution in [0.3, 0.4) is 0 Å². The average Bonchev–Trinajstić information content (AvgIpc) is 3.08. The zero-order chi connectivity index (χ0) is 20.7. The van der Waals surface area contributed by atoms with Crippen LogP contribution >= 0.6 is 0 Å². The van der Waals surface area contributed by atoms with Crippen LogP contribution in [0.5, 0.6) is 0 Å². The maximum absolute atomic E-state index is 12.5. The first-order chi connectivity index (χ1) is 13.0. The van der Waals surface area contributed by atoms with Crippen LogP contribution < -0.4 is 10.6 Å². The molecular weight excluding hydrogens is 380 g/mol. The van der Waals surface area contributed by atoms with Gasteiger partial charge in [-0.3, -0.25) is 9.59 Å². The number of anilines is 1. The van der Waals surface area contributed by atoms with Gasteiger partial charge in [-0.2, -0.15) is 5.10 Å². The first-order valence-corrected chi connectivity index (χ1v) is 10.8. The van der Waals surface area contributed by atoms with Gasteiger partial charge in [-0.15, -0.1) is 0 Å². The Morgan fingerprint density at radius 2 is 1.75 bits per heavy atom. The van der Waals surface area contributed by atoms with E-state index in [0.717, 1.165) is 5.56 Å². The molecule has 9 heteroatoms. The lowest BCUT2D eigenvalue weighted by Crippen LogP contribution is -2.38. The molecule has 2 amide bonds. The molecule has 28 heavy (non-hydrogen) atoms. The predicted molar refractivity (Wildman–Crippen MR) is 105 cm³/mol. The number of rotatable bonds is 3. The largest absolute Gasteiger partial charge is 0.341 e. The van der Waals surface area contributed by atoms with E-state index in [4.69, 9.17) is 0 Å². The molecule has 0 spiro atoms. The maximum Gasteiger partial charge on any atom is 0.314 e. The van der Waals surface area contributed by atoms with Crippen LogP contribution in [0.25, 0.3) is 0 Å². The Balaban J connectivity index is 1.81. The van der Waals surface area contributed by atoms with E-state index in [0.29, 0.717) is 11.3 Å². The molecule has 2 N–H and O–H groups in total. The standard InChI is InChI=1S/C19H24N4O4S/c1-12(13-8-6-5-7-9-13)20-17(24)18(25)21-16-14-10-28(26,27)11-15(14)22-23(16)19(2,3)4/h5-9,12H,10-11H2,1-4H3,(H,20,24)(H,21,25). The van der Waals surface area contributed by atoms with Gasteiger partial charge in [0.1, 0.15) is 5.82 Å². The third-order valence-electron chi connectivity index (χ3n) is 4.51. The molecule has 0 fully saturated rings. The van der Waals surface area contributed by atoms with Crippen LogP contribution in [0.2, 0.25) is 0 Å². The number of hydrogen-bond donors (Lipinski definition) is 2. The van der Waals surface area contributed by atoms with Crippen molar-refractivity contribution in [2.75, 3.05) is 5.32 Å². The number of carbonyl (C=O) groups is 2. The molecule has 1 aliphatic heterocycles. The van der Waals surface area contributed by atoms with Crippen LogP contribution in [0, 0.1) is 0 Å². The minimum absolute atomic E-state index is 0.161. The van der Waals surface area contributed by atoms with Crippen molar-refractivity contribution in [1.29, 1.82) is 0 Å². The molecule has 0 saturated carbocycles. The van der Waals surface area contributed by atoms with Gasteiger partial charge < -0.3 is 10.6 Å². The van der Waals surface area contributed by atoms with E-state index in [1.54, 1.807) is 11.6 Å². The van der Waals surface area contributed by atoms with E-state index in [-0.39, 0.29) is 23.4 Å². The van der Waals surface area contributed by atoms with Crippen LogP contribution in [0.1, 0.15) is 50.6 Å². The quantitative estimate of drug-likeness (QED) is 0.759. The number of amides is 2. The highest BCUT2D eigenvalue weighted by Crippen LogP contribution is 2.34. The molecule has 1 atom stereocenters. The molecule has 8 nitrogen and oxygen atoms in total. The molecule has 1 aromatic heterocycles. The topological polar surface area (TPSA) is 110 Å². The normalized spacial score (nSPS) is 16.3. The Morgan fingerprint density at radius 1 is 1.11 bits per heavy atom. The van der Waals surface area contributed by atoms with E-state index in [2.05, 4.69) is 15.7 Å². The summed E-state index contributed by atoms with van der Waals surface area (Å²) in [5.41, 5.74) is 1.25. The van der Waals surface area contributed by atoms with Gasteiger partial charge >= 0.3 is 11.8 Å². The Kier molecular flexibility index (Phi) is 5.05. The fraction of sp³-hybridized carbons (Fsp3) is 0.421. The number of hydrogen-bond acceptors (Lipinski definition) is 5. The van der Waals surface area contributed by atoms with Crippen molar-refractivity contribution in [2.45, 2.75) is 50.8 Å². The summed E-state index contributed by atoms with van der Waals surface area (Å²) in [6.07, 6.45) is 0. The minimum atomic E-state index is -3.29. The monoisotopic (exact) mass is 404 g/mol. The highest BCUT2D eigenvalue weighted by atomic mass is 32.2. The second kappa shape index (κ2) is 7.05. The summed E-state index contributed by atoms with van der Waals surface area (Å²) in [5, 5.41) is 9.60. The second-order valence-electron chi connectivity index (χ2n) is 7.95. The van der Waals surface area contributed by atoms with Gasteiger partial charge in [-0.05, 0) is 33.3 Å². The van der Waals surface area contributed by atoms with Crippen LogP contribution in [0.15, 0.2) is 30.3 Å². The summed E-state index contributed by atoms with van der Waals surface area (Å²) in [4.78, 5) is 24.9. The molecular formula is C19H24N4O4S. The summed E-state index contributed by atoms with van der Waals surface area (Å²) >= 11 is 0. The van der Waals surface area contributed by atoms with Crippen molar-refractivity contribution in [3.05, 3.63) is 47.2 Å². The lowest BCUT2D eigenvalue weighted by molar-refractivity contribution is -0.136. The van der Waals surface area contributed by atoms with Gasteiger partial charge in [0.15, 0.2) is 9.84 Å². The fourth-order valence-corrected chi connectivity index (χ4v) is 4.60. The van der Waals surface area contributed by atoms with E-state index < -0.39 is 27.2 Å². The molecule has 0 radical (unpaired) electrons. The number of sulfone groups is 1. The number of nitrogens with one attached hydrogen (secondary N) is 2. The van der Waals surface area contributed by atoms with Gasteiger partial charge in [0.25, 0.3) is 0 Å². The molecule has 0 saturated heterocycles. The van der Waals surface area contributed by atoms with Crippen molar-refractivity contribution in [2.24, 2.45) is 0 Å². The summed E-state index contributed by atoms with van der Waals surface area (Å²) in [6.45, 7) is 7.44. The summed E-state index contributed by atoms with van der Waals surface area (Å²) in [7, 11) is -3.29. The highest BCUT2D eigenvalue weighted by molar-refractivity contribution is 7.90. The van der Waals surface area contributed by atoms with Gasteiger partial charge in [-0.1, -0.05) is 30.3 Å². The van der Waals surface area contributed by atoms with E-state index in [1.165, 1.54) is 0 Å². The fourth-order valence-electron chi connectivity index (χ4n) is 3.11. The molecule has 0 aliphatic carbocycles. The number of benzene rings is 1. The van der Waals surface area contributed by atoms with Gasteiger partial charge in [0.2, 0.25) is 0 Å². The lowest BCUT2D eigenvalue weighted by Gasteiger charge is -2.23. The average molecular weight is 404 g/mol. The lowest BCUT2D eigenvalue weighted by atomic mass is 10.1. The van der Waals surface area contributed by atoms with E-state index in [9.17, 15) is 18.0 Å². The maximum atomic E-state index is 12.5. The first kappa shape index (κ1) is 20.1. The molecule has 2 aromatic rings. The number of carbonyl (C=O) groups excluding carboxylic acids is 2. The molecule has 1 aliphatic rings. The second-order valence-corrected chi connectivity index (χ2v) is 10.0. The van der Waals surface area contributed by atoms with Crippen molar-refractivity contribution in [3.8, 4) is 0 Å². The third kappa shape index (κ3) is 4.09. The molecule has 1 aromatic carbocycles. The number of aromatic nitrogens is 2. The zero-order valence-corrected chi connectivity index (χ0v) is 17.1. The smallest absolute Gasteiger partial charge is 0.314 e. The predicted octanol–water partition coefficient (Wildman–Crippen LogP) is 1.88. The summed E-state index contributed by atoms with van der Waals surface area (Å²) in [5.74, 6) is -1.76. The Labute approximate surface area is 164 Å². The SMILES string of the molecule is CC(NC(=O)C(=O)Nc1c2c(nn1C(C)(C)C)CS(=O)(=O)C2)c1ccccc1. The molecule has 2 heterocycles. The summed E-state index contributed by atoms with van der Waals surface area (Å²) < 4.78 is 25.5. The molecule has 1 unspecified atom stereocenters. The molecule has 0 bridgehead atoms. The third-order valence-corrected chi connectivity index (χ3v) is 5.95. The summed E-state index contributed by atoms with van der Waals surface area (Å²) in [6, 6.07) is 8.93. The minimum Gasteiger partial charge on any atom is -0.341 e. The molecule has 150 valence electrons. The van der Waals surface area contributed by atoms with Crippen LogP contribution in [-0.4, -0.2) is 30.0 Å². The van der Waals surface area contributed by atoms with Gasteiger partial charge in [-0.25, -0.2) is 13.1 Å². The van der Waals surface area contributed by atoms with Crippen molar-refractivity contribution in [1.82, 2.24) is 15.1 Å². The Hall–Kier alpha value is -2.68. The van der Waals surface area contributed by atoms with Crippen LogP contribution in [0.4, 0.5) is 5.82 Å². The van der Waals surface area contributed by atoms with Gasteiger partial charge in [0.05, 0.1) is 28.8 Å². The highest BCUT2D eigenvalue weighted by Gasteiger charge is 2.35.